The van der Waals surface area contributed by atoms with Crippen LogP contribution >= 0.6 is 0 Å². The Morgan fingerprint density at radius 2 is 2.05 bits per heavy atom. The van der Waals surface area contributed by atoms with Crippen molar-refractivity contribution in [3.8, 4) is 5.88 Å². The maximum atomic E-state index is 6.09. The molecule has 118 valence electrons. The number of pyridine rings is 1. The van der Waals surface area contributed by atoms with E-state index in [9.17, 15) is 0 Å². The summed E-state index contributed by atoms with van der Waals surface area (Å²) in [6, 6.07) is 4.11. The Kier molecular flexibility index (Phi) is 4.74. The normalized spacial score (nSPS) is 23.0. The highest BCUT2D eigenvalue weighted by molar-refractivity contribution is 5.44. The molecular weight excluding hydrogens is 268 g/mol. The minimum atomic E-state index is -0.197. The fraction of sp³-hybridized carbons (Fsp3) is 0.688. The lowest BCUT2D eigenvalue weighted by Gasteiger charge is -2.28. The zero-order valence-electron chi connectivity index (χ0n) is 13.6. The molecule has 0 bridgehead atoms. The molecular formula is C16H26N2O3. The molecule has 0 aliphatic carbocycles. The van der Waals surface area contributed by atoms with E-state index in [0.717, 1.165) is 12.1 Å². The van der Waals surface area contributed by atoms with Crippen molar-refractivity contribution in [2.75, 3.05) is 25.6 Å². The number of nitrogens with zero attached hydrogens (tertiary/aromatic N) is 1. The van der Waals surface area contributed by atoms with E-state index >= 15 is 0 Å². The fourth-order valence-corrected chi connectivity index (χ4v) is 2.77. The van der Waals surface area contributed by atoms with Gasteiger partial charge in [0.05, 0.1) is 35.7 Å². The summed E-state index contributed by atoms with van der Waals surface area (Å²) < 4.78 is 16.5. The third-order valence-electron chi connectivity index (χ3n) is 3.69. The first-order valence-electron chi connectivity index (χ1n) is 7.37. The van der Waals surface area contributed by atoms with Gasteiger partial charge in [-0.15, -0.1) is 0 Å². The molecule has 5 heteroatoms. The summed E-state index contributed by atoms with van der Waals surface area (Å²) in [5.74, 6) is 0.611. The molecule has 0 spiro atoms. The summed E-state index contributed by atoms with van der Waals surface area (Å²) in [4.78, 5) is 4.30. The minimum absolute atomic E-state index is 0.0994. The van der Waals surface area contributed by atoms with Gasteiger partial charge in [0.25, 0.3) is 0 Å². The lowest BCUT2D eigenvalue weighted by Crippen LogP contribution is -2.38. The third-order valence-corrected chi connectivity index (χ3v) is 3.69. The van der Waals surface area contributed by atoms with E-state index in [4.69, 9.17) is 14.2 Å². The molecule has 0 aromatic carbocycles. The number of hydrogen-bond acceptors (Lipinski definition) is 5. The second kappa shape index (κ2) is 6.20. The lowest BCUT2D eigenvalue weighted by atomic mass is 9.94. The van der Waals surface area contributed by atoms with Crippen LogP contribution in [0.1, 0.15) is 34.1 Å². The highest BCUT2D eigenvalue weighted by Gasteiger charge is 2.45. The van der Waals surface area contributed by atoms with Crippen molar-refractivity contribution in [1.29, 1.82) is 0 Å². The van der Waals surface area contributed by atoms with Gasteiger partial charge in [-0.3, -0.25) is 0 Å². The summed E-state index contributed by atoms with van der Waals surface area (Å²) in [7, 11) is 1.65. The monoisotopic (exact) mass is 294 g/mol. The quantitative estimate of drug-likeness (QED) is 0.818. The predicted octanol–water partition coefficient (Wildman–Crippen LogP) is 2.86. The molecule has 0 amide bonds. The smallest absolute Gasteiger partial charge is 0.213 e. The molecule has 1 aromatic rings. The van der Waals surface area contributed by atoms with Crippen molar-refractivity contribution in [3.05, 3.63) is 18.3 Å². The Morgan fingerprint density at radius 1 is 1.29 bits per heavy atom. The summed E-state index contributed by atoms with van der Waals surface area (Å²) in [6.45, 7) is 9.56. The maximum absolute atomic E-state index is 6.09. The number of rotatable bonds is 6. The third kappa shape index (κ3) is 4.32. The number of hydrogen-bond donors (Lipinski definition) is 1. The first-order valence-corrected chi connectivity index (χ1v) is 7.37. The lowest BCUT2D eigenvalue weighted by molar-refractivity contribution is -0.0662. The number of ether oxygens (including phenoxy) is 3. The van der Waals surface area contributed by atoms with Gasteiger partial charge in [-0.1, -0.05) is 0 Å². The maximum Gasteiger partial charge on any atom is 0.213 e. The number of nitrogens with one attached hydrogen (secondary N) is 1. The van der Waals surface area contributed by atoms with Crippen LogP contribution in [-0.4, -0.2) is 42.6 Å². The molecule has 1 aliphatic rings. The van der Waals surface area contributed by atoms with E-state index in [1.807, 2.05) is 12.1 Å². The molecule has 1 aromatic heterocycles. The van der Waals surface area contributed by atoms with Crippen LogP contribution in [0.4, 0.5) is 5.69 Å². The second-order valence-corrected chi connectivity index (χ2v) is 6.59. The van der Waals surface area contributed by atoms with Gasteiger partial charge in [0, 0.05) is 13.2 Å². The van der Waals surface area contributed by atoms with Crippen LogP contribution in [0.2, 0.25) is 0 Å². The van der Waals surface area contributed by atoms with Crippen LogP contribution in [0.3, 0.4) is 0 Å². The first kappa shape index (κ1) is 16.0. The van der Waals surface area contributed by atoms with Crippen LogP contribution in [0, 0.1) is 0 Å². The molecule has 1 aliphatic heterocycles. The van der Waals surface area contributed by atoms with Gasteiger partial charge in [0.15, 0.2) is 0 Å². The largest absolute Gasteiger partial charge is 0.475 e. The van der Waals surface area contributed by atoms with Crippen molar-refractivity contribution < 1.29 is 14.2 Å². The molecule has 1 atom stereocenters. The highest BCUT2D eigenvalue weighted by Crippen LogP contribution is 2.38. The predicted molar refractivity (Wildman–Crippen MR) is 82.9 cm³/mol. The number of anilines is 1. The molecule has 2 rings (SSSR count). The van der Waals surface area contributed by atoms with Crippen molar-refractivity contribution in [3.63, 3.8) is 0 Å². The first-order chi connectivity index (χ1) is 9.82. The van der Waals surface area contributed by atoms with Gasteiger partial charge in [0.1, 0.15) is 6.61 Å². The van der Waals surface area contributed by atoms with Crippen LogP contribution in [-0.2, 0) is 9.47 Å². The second-order valence-electron chi connectivity index (χ2n) is 6.59. The summed E-state index contributed by atoms with van der Waals surface area (Å²) in [5, 5.41) is 3.51. The van der Waals surface area contributed by atoms with Crippen molar-refractivity contribution in [1.82, 2.24) is 4.98 Å². The van der Waals surface area contributed by atoms with Crippen molar-refractivity contribution >= 4 is 5.69 Å². The van der Waals surface area contributed by atoms with Crippen LogP contribution in [0.25, 0.3) is 0 Å². The Hall–Kier alpha value is -1.33. The SMILES string of the molecule is COCCOc1ccc(NC2CC(C)(C)OC2(C)C)cn1. The summed E-state index contributed by atoms with van der Waals surface area (Å²) in [6.07, 6.45) is 2.76. The molecule has 0 saturated carbocycles. The van der Waals surface area contributed by atoms with E-state index in [1.54, 1.807) is 13.3 Å². The minimum Gasteiger partial charge on any atom is -0.475 e. The van der Waals surface area contributed by atoms with Gasteiger partial charge in [0.2, 0.25) is 5.88 Å². The van der Waals surface area contributed by atoms with E-state index < -0.39 is 0 Å². The topological polar surface area (TPSA) is 52.6 Å². The van der Waals surface area contributed by atoms with Crippen molar-refractivity contribution in [2.45, 2.75) is 51.4 Å². The molecule has 1 N–H and O–H groups in total. The van der Waals surface area contributed by atoms with Gasteiger partial charge >= 0.3 is 0 Å². The van der Waals surface area contributed by atoms with Crippen LogP contribution < -0.4 is 10.1 Å². The van der Waals surface area contributed by atoms with E-state index in [-0.39, 0.29) is 17.2 Å². The van der Waals surface area contributed by atoms with Crippen LogP contribution in [0.5, 0.6) is 5.88 Å². The van der Waals surface area contributed by atoms with Crippen molar-refractivity contribution in [2.24, 2.45) is 0 Å². The summed E-state index contributed by atoms with van der Waals surface area (Å²) in [5.41, 5.74) is 0.683. The molecule has 5 nitrogen and oxygen atoms in total. The zero-order chi connectivity index (χ0) is 15.5. The van der Waals surface area contributed by atoms with Gasteiger partial charge < -0.3 is 19.5 Å². The van der Waals surface area contributed by atoms with Crippen LogP contribution in [0.15, 0.2) is 18.3 Å². The fourth-order valence-electron chi connectivity index (χ4n) is 2.77. The Morgan fingerprint density at radius 3 is 2.57 bits per heavy atom. The molecule has 1 saturated heterocycles. The Labute approximate surface area is 127 Å². The number of methoxy groups -OCH3 is 1. The average Bonchev–Trinajstić information content (AvgIpc) is 2.59. The van der Waals surface area contributed by atoms with Gasteiger partial charge in [-0.25, -0.2) is 4.98 Å². The van der Waals surface area contributed by atoms with Gasteiger partial charge in [-0.05, 0) is 40.2 Å². The van der Waals surface area contributed by atoms with Gasteiger partial charge in [-0.2, -0.15) is 0 Å². The van der Waals surface area contributed by atoms with E-state index in [2.05, 4.69) is 38.0 Å². The standard InChI is InChI=1S/C16H26N2O3/c1-15(2)10-13(16(3,4)21-15)18-12-6-7-14(17-11-12)20-9-8-19-5/h6-7,11,13,18H,8-10H2,1-5H3. The Balaban J connectivity index is 1.94. The molecule has 1 fully saturated rings. The molecule has 2 heterocycles. The molecule has 1 unspecified atom stereocenters. The molecule has 0 radical (unpaired) electrons. The molecule has 21 heavy (non-hydrogen) atoms. The number of aromatic nitrogens is 1. The summed E-state index contributed by atoms with van der Waals surface area (Å²) >= 11 is 0. The van der Waals surface area contributed by atoms with E-state index in [1.165, 1.54) is 0 Å². The zero-order valence-corrected chi connectivity index (χ0v) is 13.6. The Bertz CT molecular complexity index is 457. The van der Waals surface area contributed by atoms with E-state index in [0.29, 0.717) is 19.1 Å². The average molecular weight is 294 g/mol. The highest BCUT2D eigenvalue weighted by atomic mass is 16.5.